The lowest BCUT2D eigenvalue weighted by Gasteiger charge is -2.16. The zero-order valence-electron chi connectivity index (χ0n) is 22.6. The van der Waals surface area contributed by atoms with Crippen LogP contribution in [0.1, 0.15) is 33.7 Å². The number of hydrogen-bond donors (Lipinski definition) is 0. The predicted octanol–water partition coefficient (Wildman–Crippen LogP) is 9.35. The molecule has 194 valence electrons. The molecule has 0 amide bonds. The van der Waals surface area contributed by atoms with Crippen LogP contribution < -0.4 is 0 Å². The zero-order valence-corrected chi connectivity index (χ0v) is 22.6. The first-order valence-electron chi connectivity index (χ1n) is 14.0. The molecule has 0 unspecified atom stereocenters. The van der Waals surface area contributed by atoms with E-state index in [0.29, 0.717) is 11.1 Å². The number of hydrogen-bond acceptors (Lipinski definition) is 2. The molecule has 0 radical (unpaired) electrons. The summed E-state index contributed by atoms with van der Waals surface area (Å²) in [5.41, 5.74) is 12.6. The molecule has 0 saturated carbocycles. The minimum atomic E-state index is 0.0240. The first-order valence-corrected chi connectivity index (χ1v) is 14.0. The van der Waals surface area contributed by atoms with E-state index < -0.39 is 0 Å². The summed E-state index contributed by atoms with van der Waals surface area (Å²) in [5, 5.41) is 21.6. The number of nitriles is 2. The second-order valence-electron chi connectivity index (χ2n) is 10.8. The number of fused-ring (bicyclic) bond motifs is 6. The summed E-state index contributed by atoms with van der Waals surface area (Å²) in [6.45, 7) is 0. The smallest absolute Gasteiger partial charge is 0.0991 e. The van der Waals surface area contributed by atoms with Crippen molar-refractivity contribution in [2.45, 2.75) is 5.92 Å². The van der Waals surface area contributed by atoms with Gasteiger partial charge in [-0.2, -0.15) is 10.5 Å². The maximum absolute atomic E-state index is 9.57. The van der Waals surface area contributed by atoms with Crippen molar-refractivity contribution < 1.29 is 0 Å². The van der Waals surface area contributed by atoms with Crippen LogP contribution in [-0.2, 0) is 0 Å². The fraction of sp³-hybridized carbons (Fsp3) is 0.0256. The zero-order chi connectivity index (χ0) is 28.2. The van der Waals surface area contributed by atoms with Gasteiger partial charge in [0.05, 0.1) is 34.3 Å². The summed E-state index contributed by atoms with van der Waals surface area (Å²) in [4.78, 5) is 0. The van der Waals surface area contributed by atoms with Crippen LogP contribution in [0.3, 0.4) is 0 Å². The fourth-order valence-corrected chi connectivity index (χ4v) is 6.67. The molecule has 42 heavy (non-hydrogen) atoms. The van der Waals surface area contributed by atoms with Crippen molar-refractivity contribution in [1.82, 2.24) is 4.57 Å². The predicted molar refractivity (Wildman–Crippen MR) is 168 cm³/mol. The van der Waals surface area contributed by atoms with Crippen molar-refractivity contribution in [2.75, 3.05) is 0 Å². The Bertz CT molecular complexity index is 2170. The van der Waals surface area contributed by atoms with Crippen LogP contribution in [0.2, 0.25) is 0 Å². The van der Waals surface area contributed by atoms with Gasteiger partial charge >= 0.3 is 0 Å². The van der Waals surface area contributed by atoms with Gasteiger partial charge in [0, 0.05) is 22.4 Å². The van der Waals surface area contributed by atoms with Gasteiger partial charge < -0.3 is 4.57 Å². The highest BCUT2D eigenvalue weighted by Gasteiger charge is 2.30. The lowest BCUT2D eigenvalue weighted by molar-refractivity contribution is 1.01. The average molecular weight is 534 g/mol. The summed E-state index contributed by atoms with van der Waals surface area (Å²) in [5.74, 6) is 0.0240. The van der Waals surface area contributed by atoms with Gasteiger partial charge in [-0.15, -0.1) is 0 Å². The molecule has 0 fully saturated rings. The number of rotatable bonds is 3. The summed E-state index contributed by atoms with van der Waals surface area (Å²) >= 11 is 0. The Morgan fingerprint density at radius 3 is 1.64 bits per heavy atom. The number of nitrogens with zero attached hydrogens (tertiary/aromatic N) is 3. The highest BCUT2D eigenvalue weighted by molar-refractivity contribution is 6.09. The summed E-state index contributed by atoms with van der Waals surface area (Å²) in [7, 11) is 0. The van der Waals surface area contributed by atoms with E-state index in [9.17, 15) is 10.5 Å². The van der Waals surface area contributed by atoms with E-state index in [4.69, 9.17) is 0 Å². The Kier molecular flexibility index (Phi) is 5.33. The fourth-order valence-electron chi connectivity index (χ4n) is 6.67. The Balaban J connectivity index is 1.27. The van der Waals surface area contributed by atoms with Gasteiger partial charge in [-0.1, -0.05) is 84.9 Å². The highest BCUT2D eigenvalue weighted by atomic mass is 15.0. The highest BCUT2D eigenvalue weighted by Crippen LogP contribution is 2.49. The average Bonchev–Trinajstić information content (AvgIpc) is 3.57. The van der Waals surface area contributed by atoms with Gasteiger partial charge in [0.15, 0.2) is 0 Å². The van der Waals surface area contributed by atoms with Crippen LogP contribution in [0.4, 0.5) is 0 Å². The molecule has 3 nitrogen and oxygen atoms in total. The topological polar surface area (TPSA) is 52.5 Å². The molecule has 0 aliphatic heterocycles. The molecule has 1 heterocycles. The summed E-state index contributed by atoms with van der Waals surface area (Å²) < 4.78 is 2.35. The molecule has 0 spiro atoms. The van der Waals surface area contributed by atoms with Crippen molar-refractivity contribution in [1.29, 1.82) is 10.5 Å². The molecule has 0 bridgehead atoms. The Labute approximate surface area is 243 Å². The standard InChI is InChI=1S/C39H23N3/c40-23-25-15-17-33-35(19-25)36-20-26(24-41)16-18-34(36)39(33)29-9-5-7-27(21-29)28-8-6-10-30(22-28)42-37-13-3-1-11-31(37)32-12-2-4-14-38(32)42/h1-22,39H. The van der Waals surface area contributed by atoms with Gasteiger partial charge in [0.1, 0.15) is 0 Å². The first kappa shape index (κ1) is 23.9. The molecule has 1 aliphatic rings. The van der Waals surface area contributed by atoms with Gasteiger partial charge in [-0.05, 0) is 87.5 Å². The van der Waals surface area contributed by atoms with E-state index >= 15 is 0 Å². The third kappa shape index (κ3) is 3.58. The molecule has 0 atom stereocenters. The lowest BCUT2D eigenvalue weighted by atomic mass is 9.87. The van der Waals surface area contributed by atoms with Crippen molar-refractivity contribution in [3.8, 4) is 40.1 Å². The molecule has 7 aromatic rings. The largest absolute Gasteiger partial charge is 0.309 e. The number of benzene rings is 6. The molecule has 3 heteroatoms. The van der Waals surface area contributed by atoms with Crippen molar-refractivity contribution in [3.05, 3.63) is 161 Å². The van der Waals surface area contributed by atoms with E-state index in [1.807, 2.05) is 24.3 Å². The number of aromatic nitrogens is 1. The molecule has 0 saturated heterocycles. The lowest BCUT2D eigenvalue weighted by Crippen LogP contribution is -2.00. The molecular formula is C39H23N3. The van der Waals surface area contributed by atoms with E-state index in [1.165, 1.54) is 27.4 Å². The first-order chi connectivity index (χ1) is 20.7. The Morgan fingerprint density at radius 2 is 1.05 bits per heavy atom. The van der Waals surface area contributed by atoms with Crippen molar-refractivity contribution >= 4 is 21.8 Å². The van der Waals surface area contributed by atoms with Gasteiger partial charge in [0.2, 0.25) is 0 Å². The quantitative estimate of drug-likeness (QED) is 0.227. The molecule has 6 aromatic carbocycles. The SMILES string of the molecule is N#Cc1ccc2c(c1)-c1cc(C#N)ccc1C2c1cccc(-c2cccc(-n3c4ccccc4c4ccccc43)c2)c1. The van der Waals surface area contributed by atoms with E-state index in [2.05, 4.69) is 126 Å². The van der Waals surface area contributed by atoms with Crippen LogP contribution in [0.25, 0.3) is 49.7 Å². The minimum Gasteiger partial charge on any atom is -0.309 e. The van der Waals surface area contributed by atoms with Crippen LogP contribution in [0, 0.1) is 22.7 Å². The molecular weight excluding hydrogens is 510 g/mol. The van der Waals surface area contributed by atoms with E-state index in [0.717, 1.165) is 39.1 Å². The monoisotopic (exact) mass is 533 g/mol. The summed E-state index contributed by atoms with van der Waals surface area (Å²) in [6, 6.07) is 51.0. The summed E-state index contributed by atoms with van der Waals surface area (Å²) in [6.07, 6.45) is 0. The second kappa shape index (κ2) is 9.34. The molecule has 1 aromatic heterocycles. The molecule has 8 rings (SSSR count). The van der Waals surface area contributed by atoms with Crippen molar-refractivity contribution in [2.24, 2.45) is 0 Å². The Morgan fingerprint density at radius 1 is 0.500 bits per heavy atom. The van der Waals surface area contributed by atoms with Crippen LogP contribution >= 0.6 is 0 Å². The van der Waals surface area contributed by atoms with Gasteiger partial charge in [-0.25, -0.2) is 0 Å². The van der Waals surface area contributed by atoms with E-state index in [-0.39, 0.29) is 5.92 Å². The molecule has 1 aliphatic carbocycles. The Hall–Kier alpha value is -5.90. The van der Waals surface area contributed by atoms with Crippen LogP contribution in [0.15, 0.2) is 133 Å². The third-order valence-corrected chi connectivity index (χ3v) is 8.51. The minimum absolute atomic E-state index is 0.0240. The van der Waals surface area contributed by atoms with Gasteiger partial charge in [-0.3, -0.25) is 0 Å². The van der Waals surface area contributed by atoms with Crippen molar-refractivity contribution in [3.63, 3.8) is 0 Å². The maximum Gasteiger partial charge on any atom is 0.0991 e. The van der Waals surface area contributed by atoms with E-state index in [1.54, 1.807) is 0 Å². The normalized spacial score (nSPS) is 12.1. The van der Waals surface area contributed by atoms with Crippen LogP contribution in [-0.4, -0.2) is 4.57 Å². The maximum atomic E-state index is 9.57. The van der Waals surface area contributed by atoms with Crippen LogP contribution in [0.5, 0.6) is 0 Å². The number of para-hydroxylation sites is 2. The molecule has 0 N–H and O–H groups in total. The van der Waals surface area contributed by atoms with Gasteiger partial charge in [0.25, 0.3) is 0 Å². The second-order valence-corrected chi connectivity index (χ2v) is 10.8. The third-order valence-electron chi connectivity index (χ3n) is 8.51.